The third-order valence-corrected chi connectivity index (χ3v) is 1.81. The molecule has 2 aromatic rings. The Bertz CT molecular complexity index is 436. The molecule has 0 aliphatic rings. The average molecular weight is 198 g/mol. The van der Waals surface area contributed by atoms with Crippen molar-refractivity contribution >= 4 is 29.1 Å². The van der Waals surface area contributed by atoms with E-state index < -0.39 is 5.97 Å². The molecule has 0 saturated carbocycles. The van der Waals surface area contributed by atoms with Crippen molar-refractivity contribution in [1.82, 2.24) is 4.98 Å². The number of H-pyrrole nitrogens is 1. The molecule has 0 aliphatic heterocycles. The smallest absolute Gasteiger partial charge is 0.335 e. The van der Waals surface area contributed by atoms with Crippen LogP contribution >= 0.6 is 12.4 Å². The maximum absolute atomic E-state index is 10.6. The number of fused-ring (bicyclic) bond motifs is 1. The lowest BCUT2D eigenvalue weighted by Crippen LogP contribution is -1.94. The van der Waals surface area contributed by atoms with Crippen molar-refractivity contribution in [3.63, 3.8) is 0 Å². The monoisotopic (exact) mass is 197 g/mol. The fourth-order valence-corrected chi connectivity index (χ4v) is 1.19. The molecule has 3 nitrogen and oxygen atoms in total. The zero-order chi connectivity index (χ0) is 8.55. The third-order valence-electron chi connectivity index (χ3n) is 1.81. The van der Waals surface area contributed by atoms with Crippen LogP contribution in [0.2, 0.25) is 0 Å². The number of rotatable bonds is 1. The van der Waals surface area contributed by atoms with Crippen LogP contribution in [0.5, 0.6) is 0 Å². The number of aromatic amines is 1. The van der Waals surface area contributed by atoms with Crippen LogP contribution in [0.1, 0.15) is 10.4 Å². The van der Waals surface area contributed by atoms with E-state index in [2.05, 4.69) is 4.98 Å². The topological polar surface area (TPSA) is 53.1 Å². The molecule has 0 aliphatic carbocycles. The summed E-state index contributed by atoms with van der Waals surface area (Å²) in [7, 11) is 0. The number of halogens is 1. The predicted octanol–water partition coefficient (Wildman–Crippen LogP) is 2.29. The first-order valence-corrected chi connectivity index (χ1v) is 3.57. The van der Waals surface area contributed by atoms with Crippen LogP contribution in [0.15, 0.2) is 30.6 Å². The maximum Gasteiger partial charge on any atom is 0.335 e. The first kappa shape index (κ1) is 9.61. The summed E-state index contributed by atoms with van der Waals surface area (Å²) in [6.07, 6.45) is 3.61. The summed E-state index contributed by atoms with van der Waals surface area (Å²) in [6, 6.07) is 5.03. The summed E-state index contributed by atoms with van der Waals surface area (Å²) < 4.78 is 0. The largest absolute Gasteiger partial charge is 0.478 e. The van der Waals surface area contributed by atoms with Gasteiger partial charge in [-0.05, 0) is 22.9 Å². The van der Waals surface area contributed by atoms with Crippen LogP contribution in [-0.2, 0) is 0 Å². The number of carbonyl (C=O) groups is 1. The van der Waals surface area contributed by atoms with Crippen molar-refractivity contribution in [3.8, 4) is 0 Å². The van der Waals surface area contributed by atoms with Gasteiger partial charge in [-0.3, -0.25) is 0 Å². The summed E-state index contributed by atoms with van der Waals surface area (Å²) in [5, 5.41) is 10.6. The van der Waals surface area contributed by atoms with Gasteiger partial charge in [0.15, 0.2) is 0 Å². The third kappa shape index (κ3) is 1.65. The number of aromatic nitrogens is 1. The molecule has 2 N–H and O–H groups in total. The van der Waals surface area contributed by atoms with Crippen LogP contribution in [0.4, 0.5) is 0 Å². The zero-order valence-electron chi connectivity index (χ0n) is 6.65. The molecule has 0 spiro atoms. The summed E-state index contributed by atoms with van der Waals surface area (Å²) in [4.78, 5) is 13.5. The summed E-state index contributed by atoms with van der Waals surface area (Å²) >= 11 is 0. The Kier molecular flexibility index (Phi) is 2.58. The normalized spacial score (nSPS) is 9.54. The van der Waals surface area contributed by atoms with Crippen molar-refractivity contribution in [1.29, 1.82) is 0 Å². The van der Waals surface area contributed by atoms with Gasteiger partial charge < -0.3 is 10.1 Å². The van der Waals surface area contributed by atoms with Crippen LogP contribution in [-0.4, -0.2) is 16.1 Å². The average Bonchev–Trinajstić information content (AvgIpc) is 2.49. The van der Waals surface area contributed by atoms with Gasteiger partial charge in [-0.2, -0.15) is 0 Å². The van der Waals surface area contributed by atoms with Crippen LogP contribution in [0, 0.1) is 0 Å². The van der Waals surface area contributed by atoms with E-state index in [0.29, 0.717) is 5.56 Å². The van der Waals surface area contributed by atoms with Gasteiger partial charge in [-0.25, -0.2) is 4.79 Å². The Morgan fingerprint density at radius 2 is 1.92 bits per heavy atom. The van der Waals surface area contributed by atoms with Gasteiger partial charge in [0.05, 0.1) is 5.56 Å². The van der Waals surface area contributed by atoms with Crippen molar-refractivity contribution < 1.29 is 9.90 Å². The van der Waals surface area contributed by atoms with E-state index in [1.165, 1.54) is 0 Å². The van der Waals surface area contributed by atoms with E-state index in [9.17, 15) is 4.79 Å². The fourth-order valence-electron chi connectivity index (χ4n) is 1.19. The molecule has 0 unspecified atom stereocenters. The van der Waals surface area contributed by atoms with Gasteiger partial charge >= 0.3 is 5.97 Å². The number of benzene rings is 1. The zero-order valence-corrected chi connectivity index (χ0v) is 7.47. The second kappa shape index (κ2) is 3.49. The molecular weight excluding hydrogens is 190 g/mol. The number of aromatic carboxylic acids is 1. The lowest BCUT2D eigenvalue weighted by Gasteiger charge is -1.92. The molecule has 0 atom stereocenters. The molecule has 1 aromatic carbocycles. The predicted molar refractivity (Wildman–Crippen MR) is 52.5 cm³/mol. The Hall–Kier alpha value is -1.48. The lowest BCUT2D eigenvalue weighted by atomic mass is 10.1. The second-order valence-electron chi connectivity index (χ2n) is 2.60. The molecule has 1 heterocycles. The first-order valence-electron chi connectivity index (χ1n) is 3.57. The molecule has 4 heteroatoms. The van der Waals surface area contributed by atoms with Crippen molar-refractivity contribution in [2.24, 2.45) is 0 Å². The summed E-state index contributed by atoms with van der Waals surface area (Å²) in [5.41, 5.74) is 0.321. The van der Waals surface area contributed by atoms with Crippen LogP contribution in [0.3, 0.4) is 0 Å². The van der Waals surface area contributed by atoms with Gasteiger partial charge in [0, 0.05) is 12.4 Å². The van der Waals surface area contributed by atoms with Crippen molar-refractivity contribution in [2.75, 3.05) is 0 Å². The Balaban J connectivity index is 0.000000845. The molecule has 0 saturated heterocycles. The molecule has 2 rings (SSSR count). The molecule has 0 amide bonds. The second-order valence-corrected chi connectivity index (χ2v) is 2.60. The van der Waals surface area contributed by atoms with E-state index in [-0.39, 0.29) is 12.4 Å². The van der Waals surface area contributed by atoms with E-state index in [1.807, 2.05) is 6.20 Å². The number of carboxylic acid groups (broad SMARTS) is 1. The van der Waals surface area contributed by atoms with Crippen LogP contribution < -0.4 is 0 Å². The maximum atomic E-state index is 10.6. The summed E-state index contributed by atoms with van der Waals surface area (Å²) in [6.45, 7) is 0. The van der Waals surface area contributed by atoms with E-state index in [1.54, 1.807) is 24.4 Å². The number of hydrogen-bond donors (Lipinski definition) is 2. The molecule has 1 aromatic heterocycles. The fraction of sp³-hybridized carbons (Fsp3) is 0. The highest BCUT2D eigenvalue weighted by atomic mass is 35.5. The molecule has 0 radical (unpaired) electrons. The standard InChI is InChI=1S/C9H7NO2.ClH/c11-9(12)6-1-2-7-4-10-5-8(7)3-6;/h1-5,10H,(H,11,12);1H. The Labute approximate surface area is 80.8 Å². The highest BCUT2D eigenvalue weighted by Crippen LogP contribution is 2.14. The van der Waals surface area contributed by atoms with E-state index >= 15 is 0 Å². The Morgan fingerprint density at radius 1 is 1.23 bits per heavy atom. The Morgan fingerprint density at radius 3 is 2.62 bits per heavy atom. The number of carboxylic acids is 1. The molecule has 0 bridgehead atoms. The van der Waals surface area contributed by atoms with Crippen molar-refractivity contribution in [2.45, 2.75) is 0 Å². The van der Waals surface area contributed by atoms with Gasteiger partial charge in [0.2, 0.25) is 0 Å². The van der Waals surface area contributed by atoms with Gasteiger partial charge in [0.1, 0.15) is 0 Å². The van der Waals surface area contributed by atoms with E-state index in [0.717, 1.165) is 10.8 Å². The first-order chi connectivity index (χ1) is 5.77. The summed E-state index contributed by atoms with van der Waals surface area (Å²) in [5.74, 6) is -0.891. The minimum absolute atomic E-state index is 0. The number of nitrogens with one attached hydrogen (secondary N) is 1. The SMILES string of the molecule is Cl.O=C(O)c1ccc2c[nH]cc2c1. The van der Waals surface area contributed by atoms with Crippen LogP contribution in [0.25, 0.3) is 10.8 Å². The minimum Gasteiger partial charge on any atom is -0.478 e. The molecule has 68 valence electrons. The molecule has 0 fully saturated rings. The van der Waals surface area contributed by atoms with Gasteiger partial charge in [-0.15, -0.1) is 12.4 Å². The van der Waals surface area contributed by atoms with Crippen molar-refractivity contribution in [3.05, 3.63) is 36.2 Å². The molecule has 13 heavy (non-hydrogen) atoms. The lowest BCUT2D eigenvalue weighted by molar-refractivity contribution is 0.0697. The highest BCUT2D eigenvalue weighted by Gasteiger charge is 2.02. The minimum atomic E-state index is -0.891. The van der Waals surface area contributed by atoms with Gasteiger partial charge in [-0.1, -0.05) is 6.07 Å². The number of hydrogen-bond acceptors (Lipinski definition) is 1. The quantitative estimate of drug-likeness (QED) is 0.737. The van der Waals surface area contributed by atoms with Gasteiger partial charge in [0.25, 0.3) is 0 Å². The van der Waals surface area contributed by atoms with E-state index in [4.69, 9.17) is 5.11 Å². The highest BCUT2D eigenvalue weighted by molar-refractivity contribution is 5.94. The molecular formula is C9H8ClNO2.